The van der Waals surface area contributed by atoms with Crippen LogP contribution in [0.2, 0.25) is 0 Å². The van der Waals surface area contributed by atoms with Crippen molar-refractivity contribution in [3.05, 3.63) is 46.9 Å². The fraction of sp³-hybridized carbons (Fsp3) is 0.333. The minimum Gasteiger partial charge on any atom is -0.460 e. The van der Waals surface area contributed by atoms with Crippen LogP contribution in [-0.4, -0.2) is 50.1 Å². The lowest BCUT2D eigenvalue weighted by Crippen LogP contribution is -2.47. The summed E-state index contributed by atoms with van der Waals surface area (Å²) in [6.07, 6.45) is 1.27. The smallest absolute Gasteiger partial charge is 0.211 e. The molecule has 0 N–H and O–H groups in total. The van der Waals surface area contributed by atoms with Crippen LogP contribution in [0.3, 0.4) is 0 Å². The van der Waals surface area contributed by atoms with Gasteiger partial charge in [-0.05, 0) is 46.2 Å². The molecular weight excluding hydrogens is 356 g/mol. The molecule has 2 aromatic heterocycles. The molecule has 1 fully saturated rings. The number of sulfonamides is 1. The second-order valence-electron chi connectivity index (χ2n) is 6.42. The van der Waals surface area contributed by atoms with E-state index in [0.29, 0.717) is 19.6 Å². The summed E-state index contributed by atoms with van der Waals surface area (Å²) >= 11 is 1.69. The Balaban J connectivity index is 1.47. The third-order valence-electron chi connectivity index (χ3n) is 4.60. The van der Waals surface area contributed by atoms with Crippen molar-refractivity contribution in [2.75, 3.05) is 32.4 Å². The molecular formula is C18H20N2O3S2. The van der Waals surface area contributed by atoms with Gasteiger partial charge in [0.15, 0.2) is 0 Å². The Morgan fingerprint density at radius 2 is 1.88 bits per heavy atom. The van der Waals surface area contributed by atoms with Gasteiger partial charge in [-0.3, -0.25) is 4.90 Å². The molecule has 3 aromatic rings. The van der Waals surface area contributed by atoms with Crippen LogP contribution in [0.4, 0.5) is 0 Å². The van der Waals surface area contributed by atoms with Crippen molar-refractivity contribution in [2.24, 2.45) is 0 Å². The molecule has 0 radical (unpaired) electrons. The quantitative estimate of drug-likeness (QED) is 0.701. The molecule has 0 spiro atoms. The topological polar surface area (TPSA) is 53.8 Å². The van der Waals surface area contributed by atoms with Gasteiger partial charge in [0.1, 0.15) is 11.3 Å². The summed E-state index contributed by atoms with van der Waals surface area (Å²) < 4.78 is 30.7. The lowest BCUT2D eigenvalue weighted by Gasteiger charge is -2.32. The van der Waals surface area contributed by atoms with Gasteiger partial charge in [-0.2, -0.15) is 15.6 Å². The first-order chi connectivity index (χ1) is 12.0. The molecule has 5 nitrogen and oxygen atoms in total. The molecule has 0 amide bonds. The maximum Gasteiger partial charge on any atom is 0.211 e. The van der Waals surface area contributed by atoms with Gasteiger partial charge >= 0.3 is 0 Å². The van der Waals surface area contributed by atoms with E-state index in [9.17, 15) is 8.42 Å². The standard InChI is InChI=1S/C18H20N2O3S2/c1-25(21,22)20-7-5-19(6-8-20)12-17-11-16-10-14(2-3-18(16)23-17)15-4-9-24-13-15/h2-4,9-11,13H,5-8,12H2,1H3. The van der Waals surface area contributed by atoms with E-state index in [-0.39, 0.29) is 0 Å². The van der Waals surface area contributed by atoms with Gasteiger partial charge in [-0.1, -0.05) is 6.07 Å². The number of hydrogen-bond donors (Lipinski definition) is 0. The Hall–Kier alpha value is -1.67. The van der Waals surface area contributed by atoms with Gasteiger partial charge in [-0.25, -0.2) is 8.42 Å². The Morgan fingerprint density at radius 1 is 1.08 bits per heavy atom. The van der Waals surface area contributed by atoms with E-state index in [1.165, 1.54) is 21.7 Å². The molecule has 1 aromatic carbocycles. The van der Waals surface area contributed by atoms with E-state index >= 15 is 0 Å². The van der Waals surface area contributed by atoms with Crippen molar-refractivity contribution in [1.82, 2.24) is 9.21 Å². The minimum absolute atomic E-state index is 0.543. The first kappa shape index (κ1) is 16.8. The third-order valence-corrected chi connectivity index (χ3v) is 6.59. The van der Waals surface area contributed by atoms with Crippen LogP contribution in [0, 0.1) is 0 Å². The van der Waals surface area contributed by atoms with Crippen LogP contribution >= 0.6 is 11.3 Å². The number of rotatable bonds is 4. The van der Waals surface area contributed by atoms with Crippen LogP contribution in [0.25, 0.3) is 22.1 Å². The normalized spacial score (nSPS) is 17.3. The zero-order valence-corrected chi connectivity index (χ0v) is 15.6. The molecule has 0 atom stereocenters. The Labute approximate surface area is 151 Å². The van der Waals surface area contributed by atoms with Crippen molar-refractivity contribution in [3.63, 3.8) is 0 Å². The minimum atomic E-state index is -3.08. The summed E-state index contributed by atoms with van der Waals surface area (Å²) in [5.41, 5.74) is 3.32. The number of benzene rings is 1. The average molecular weight is 377 g/mol. The number of thiophene rings is 1. The van der Waals surface area contributed by atoms with Gasteiger partial charge in [0, 0.05) is 31.6 Å². The highest BCUT2D eigenvalue weighted by atomic mass is 32.2. The molecule has 1 saturated heterocycles. The summed E-state index contributed by atoms with van der Waals surface area (Å²) in [5.74, 6) is 0.922. The number of fused-ring (bicyclic) bond motifs is 1. The van der Waals surface area contributed by atoms with E-state index in [1.54, 1.807) is 11.3 Å². The van der Waals surface area contributed by atoms with Gasteiger partial charge in [0.2, 0.25) is 10.0 Å². The summed E-state index contributed by atoms with van der Waals surface area (Å²) in [6.45, 7) is 3.25. The molecule has 0 saturated carbocycles. The van der Waals surface area contributed by atoms with Crippen molar-refractivity contribution < 1.29 is 12.8 Å². The lowest BCUT2D eigenvalue weighted by atomic mass is 10.1. The molecule has 0 aliphatic carbocycles. The largest absolute Gasteiger partial charge is 0.460 e. The molecule has 1 aliphatic heterocycles. The van der Waals surface area contributed by atoms with Crippen LogP contribution in [0.1, 0.15) is 5.76 Å². The van der Waals surface area contributed by atoms with Crippen LogP contribution < -0.4 is 0 Å². The van der Waals surface area contributed by atoms with Crippen LogP contribution in [0.15, 0.2) is 45.5 Å². The summed E-state index contributed by atoms with van der Waals surface area (Å²) in [4.78, 5) is 2.24. The van der Waals surface area contributed by atoms with E-state index in [2.05, 4.69) is 39.9 Å². The molecule has 0 unspecified atom stereocenters. The van der Waals surface area contributed by atoms with Crippen molar-refractivity contribution in [3.8, 4) is 11.1 Å². The first-order valence-electron chi connectivity index (χ1n) is 8.21. The second-order valence-corrected chi connectivity index (χ2v) is 9.18. The number of furan rings is 1. The van der Waals surface area contributed by atoms with Crippen molar-refractivity contribution >= 4 is 32.3 Å². The highest BCUT2D eigenvalue weighted by molar-refractivity contribution is 7.88. The fourth-order valence-electron chi connectivity index (χ4n) is 3.22. The average Bonchev–Trinajstić information content (AvgIpc) is 3.23. The van der Waals surface area contributed by atoms with Crippen LogP contribution in [0.5, 0.6) is 0 Å². The van der Waals surface area contributed by atoms with Gasteiger partial charge in [-0.15, -0.1) is 0 Å². The predicted molar refractivity (Wildman–Crippen MR) is 101 cm³/mol. The molecule has 7 heteroatoms. The second kappa shape index (κ2) is 6.57. The van der Waals surface area contributed by atoms with Gasteiger partial charge < -0.3 is 4.42 Å². The predicted octanol–water partition coefficient (Wildman–Crippen LogP) is 3.24. The SMILES string of the molecule is CS(=O)(=O)N1CCN(Cc2cc3cc(-c4ccsc4)ccc3o2)CC1. The maximum atomic E-state index is 11.6. The van der Waals surface area contributed by atoms with E-state index in [4.69, 9.17) is 4.42 Å². The number of hydrogen-bond acceptors (Lipinski definition) is 5. The molecule has 4 rings (SSSR count). The first-order valence-corrected chi connectivity index (χ1v) is 11.0. The Bertz CT molecular complexity index is 969. The lowest BCUT2D eigenvalue weighted by molar-refractivity contribution is 0.172. The summed E-state index contributed by atoms with van der Waals surface area (Å²) in [6, 6.07) is 10.5. The summed E-state index contributed by atoms with van der Waals surface area (Å²) in [5, 5.41) is 5.33. The van der Waals surface area contributed by atoms with Crippen LogP contribution in [-0.2, 0) is 16.6 Å². The molecule has 132 valence electrons. The number of piperazine rings is 1. The van der Waals surface area contributed by atoms with Gasteiger partial charge in [0.05, 0.1) is 12.8 Å². The highest BCUT2D eigenvalue weighted by Crippen LogP contribution is 2.28. The fourth-order valence-corrected chi connectivity index (χ4v) is 4.72. The monoisotopic (exact) mass is 376 g/mol. The van der Waals surface area contributed by atoms with Crippen molar-refractivity contribution in [2.45, 2.75) is 6.54 Å². The molecule has 25 heavy (non-hydrogen) atoms. The van der Waals surface area contributed by atoms with E-state index < -0.39 is 10.0 Å². The molecule has 0 bridgehead atoms. The highest BCUT2D eigenvalue weighted by Gasteiger charge is 2.23. The Morgan fingerprint density at radius 3 is 2.56 bits per heavy atom. The van der Waals surface area contributed by atoms with Crippen molar-refractivity contribution in [1.29, 1.82) is 0 Å². The van der Waals surface area contributed by atoms with E-state index in [1.807, 2.05) is 6.07 Å². The third kappa shape index (κ3) is 3.64. The molecule has 3 heterocycles. The maximum absolute atomic E-state index is 11.6. The van der Waals surface area contributed by atoms with E-state index in [0.717, 1.165) is 29.8 Å². The molecule has 1 aliphatic rings. The zero-order valence-electron chi connectivity index (χ0n) is 14.0. The number of nitrogens with zero attached hydrogens (tertiary/aromatic N) is 2. The van der Waals surface area contributed by atoms with Gasteiger partial charge in [0.25, 0.3) is 0 Å². The zero-order chi connectivity index (χ0) is 17.4. The Kier molecular flexibility index (Phi) is 4.41. The summed E-state index contributed by atoms with van der Waals surface area (Å²) in [7, 11) is -3.08.